The van der Waals surface area contributed by atoms with Crippen molar-refractivity contribution in [2.45, 2.75) is 76.0 Å². The number of hydrogen-bond donors (Lipinski definition) is 1. The van der Waals surface area contributed by atoms with Crippen molar-refractivity contribution in [2.24, 2.45) is 0 Å². The maximum atomic E-state index is 4.00. The molecule has 1 aliphatic rings. The summed E-state index contributed by atoms with van der Waals surface area (Å²) in [5.74, 6) is 0. The molecule has 0 saturated carbocycles. The topological polar surface area (TPSA) is 15.8 Å². The van der Waals surface area contributed by atoms with Gasteiger partial charge in [-0.05, 0) is 30.0 Å². The van der Waals surface area contributed by atoms with Gasteiger partial charge in [-0.3, -0.25) is 0 Å². The van der Waals surface area contributed by atoms with E-state index < -0.39 is 8.07 Å². The zero-order valence-electron chi connectivity index (χ0n) is 13.8. The van der Waals surface area contributed by atoms with Gasteiger partial charge in [0.25, 0.3) is 0 Å². The summed E-state index contributed by atoms with van der Waals surface area (Å²) in [6.45, 7) is 11.3. The second-order valence-electron chi connectivity index (χ2n) is 6.21. The average Bonchev–Trinajstić information content (AvgIpc) is 3.07. The normalized spacial score (nSPS) is 24.6. The highest BCUT2D eigenvalue weighted by molar-refractivity contribution is 6.82. The molecule has 114 valence electrons. The van der Waals surface area contributed by atoms with E-state index in [2.05, 4.69) is 38.4 Å². The van der Waals surface area contributed by atoms with E-state index >= 15 is 0 Å². The molecular weight excluding hydrogens is 258 g/mol. The molecular formula is C18H33NSi. The molecule has 1 aromatic rings. The largest absolute Gasteiger partial charge is 0.368 e. The van der Waals surface area contributed by atoms with Crippen molar-refractivity contribution in [1.82, 2.24) is 4.98 Å². The first-order valence-corrected chi connectivity index (χ1v) is 11.0. The monoisotopic (exact) mass is 291 g/mol. The third-order valence-corrected chi connectivity index (χ3v) is 12.8. The molecule has 1 atom stereocenters. The van der Waals surface area contributed by atoms with Gasteiger partial charge in [-0.1, -0.05) is 64.2 Å². The van der Waals surface area contributed by atoms with Crippen LogP contribution < -0.4 is 0 Å². The van der Waals surface area contributed by atoms with Gasteiger partial charge >= 0.3 is 0 Å². The number of allylic oxidation sites excluding steroid dienone is 1. The average molecular weight is 292 g/mol. The van der Waals surface area contributed by atoms with Crippen molar-refractivity contribution < 1.29 is 0 Å². The minimum absolute atomic E-state index is 0.705. The predicted molar refractivity (Wildman–Crippen MR) is 94.0 cm³/mol. The van der Waals surface area contributed by atoms with Crippen molar-refractivity contribution in [1.29, 1.82) is 0 Å². The molecule has 0 amide bonds. The number of aromatic nitrogens is 1. The Bertz CT molecular complexity index is 336. The second-order valence-corrected chi connectivity index (χ2v) is 11.7. The summed E-state index contributed by atoms with van der Waals surface area (Å²) in [7, 11) is -1.00. The molecule has 1 N–H and O–H groups in total. The molecule has 0 bridgehead atoms. The number of aromatic amines is 1. The van der Waals surface area contributed by atoms with E-state index in [0.717, 1.165) is 0 Å². The summed E-state index contributed by atoms with van der Waals surface area (Å²) in [5, 5.41) is 0.705. The third kappa shape index (κ3) is 3.66. The van der Waals surface area contributed by atoms with E-state index in [4.69, 9.17) is 0 Å². The Morgan fingerprint density at radius 2 is 1.80 bits per heavy atom. The lowest BCUT2D eigenvalue weighted by molar-refractivity contribution is 0.424. The van der Waals surface area contributed by atoms with E-state index in [1.807, 2.05) is 24.5 Å². The van der Waals surface area contributed by atoms with Gasteiger partial charge in [0.2, 0.25) is 0 Å². The Morgan fingerprint density at radius 1 is 1.15 bits per heavy atom. The lowest BCUT2D eigenvalue weighted by Crippen LogP contribution is -2.48. The van der Waals surface area contributed by atoms with Crippen LogP contribution >= 0.6 is 0 Å². The van der Waals surface area contributed by atoms with Gasteiger partial charge in [0, 0.05) is 12.4 Å². The fourth-order valence-electron chi connectivity index (χ4n) is 4.38. The van der Waals surface area contributed by atoms with Crippen LogP contribution in [0.4, 0.5) is 0 Å². The van der Waals surface area contributed by atoms with Gasteiger partial charge in [0.1, 0.15) is 0 Å². The van der Waals surface area contributed by atoms with Gasteiger partial charge in [-0.2, -0.15) is 0 Å². The minimum Gasteiger partial charge on any atom is -0.368 e. The number of nitrogens with one attached hydrogen (secondary N) is 1. The lowest BCUT2D eigenvalue weighted by Gasteiger charge is -2.52. The summed E-state index contributed by atoms with van der Waals surface area (Å²) < 4.78 is 0. The fraction of sp³-hybridized carbons (Fsp3) is 0.667. The first-order chi connectivity index (χ1) is 9.70. The smallest absolute Gasteiger partial charge is 0.0595 e. The molecule has 0 radical (unpaired) electrons. The van der Waals surface area contributed by atoms with Crippen LogP contribution in [0.2, 0.25) is 23.2 Å². The molecule has 1 aromatic heterocycles. The molecule has 0 spiro atoms. The maximum Gasteiger partial charge on any atom is 0.0595 e. The predicted octanol–water partition coefficient (Wildman–Crippen LogP) is 6.40. The molecule has 2 heterocycles. The number of hydrogen-bond acceptors (Lipinski definition) is 0. The highest BCUT2D eigenvalue weighted by Crippen LogP contribution is 2.57. The van der Waals surface area contributed by atoms with Crippen LogP contribution in [0.5, 0.6) is 0 Å². The van der Waals surface area contributed by atoms with Gasteiger partial charge in [0.15, 0.2) is 0 Å². The molecule has 1 nitrogen and oxygen atoms in total. The lowest BCUT2D eigenvalue weighted by atomic mass is 9.93. The quantitative estimate of drug-likeness (QED) is 0.477. The first-order valence-electron chi connectivity index (χ1n) is 8.39. The molecule has 20 heavy (non-hydrogen) atoms. The van der Waals surface area contributed by atoms with E-state index in [1.54, 1.807) is 6.04 Å². The van der Waals surface area contributed by atoms with Crippen molar-refractivity contribution in [2.75, 3.05) is 0 Å². The zero-order chi connectivity index (χ0) is 14.9. The Morgan fingerprint density at radius 3 is 2.20 bits per heavy atom. The van der Waals surface area contributed by atoms with Crippen molar-refractivity contribution >= 4 is 8.07 Å². The highest BCUT2D eigenvalue weighted by Gasteiger charge is 2.49. The van der Waals surface area contributed by atoms with Crippen molar-refractivity contribution in [3.8, 4) is 0 Å². The summed E-state index contributed by atoms with van der Waals surface area (Å²) >= 11 is 0. The second kappa shape index (κ2) is 8.51. The van der Waals surface area contributed by atoms with Crippen LogP contribution in [-0.4, -0.2) is 13.1 Å². The number of rotatable bonds is 5. The fourth-order valence-corrected chi connectivity index (χ4v) is 10.6. The zero-order valence-corrected chi connectivity index (χ0v) is 14.8. The SMILES string of the molecule is C=CCC1(CC)CCCC[Si]1(CC)CC.c1cc[nH]c1. The summed E-state index contributed by atoms with van der Waals surface area (Å²) in [5.41, 5.74) is 0. The van der Waals surface area contributed by atoms with Crippen LogP contribution in [-0.2, 0) is 0 Å². The molecule has 2 heteroatoms. The van der Waals surface area contributed by atoms with Gasteiger partial charge in [0.05, 0.1) is 8.07 Å². The molecule has 1 aliphatic heterocycles. The van der Waals surface area contributed by atoms with Crippen molar-refractivity contribution in [3.63, 3.8) is 0 Å². The van der Waals surface area contributed by atoms with E-state index in [1.165, 1.54) is 44.2 Å². The van der Waals surface area contributed by atoms with Crippen LogP contribution in [0, 0.1) is 0 Å². The number of H-pyrrole nitrogens is 1. The standard InChI is InChI=1S/C14H28Si.C4H5N/c1-5-11-14(6-2)12-9-10-13-15(14,7-3)8-4;1-2-4-5-3-1/h5H,1,6-13H2,2-4H3;1-5H. The molecule has 0 aliphatic carbocycles. The van der Waals surface area contributed by atoms with Crippen LogP contribution in [0.15, 0.2) is 37.2 Å². The molecule has 2 rings (SSSR count). The maximum absolute atomic E-state index is 4.00. The minimum atomic E-state index is -1.00. The summed E-state index contributed by atoms with van der Waals surface area (Å²) in [6.07, 6.45) is 13.1. The van der Waals surface area contributed by atoms with E-state index in [-0.39, 0.29) is 0 Å². The molecule has 1 unspecified atom stereocenters. The molecule has 1 saturated heterocycles. The van der Waals surface area contributed by atoms with Crippen molar-refractivity contribution in [3.05, 3.63) is 37.2 Å². The van der Waals surface area contributed by atoms with E-state index in [9.17, 15) is 0 Å². The van der Waals surface area contributed by atoms with Crippen LogP contribution in [0.3, 0.4) is 0 Å². The Labute approximate surface area is 126 Å². The van der Waals surface area contributed by atoms with E-state index in [0.29, 0.717) is 5.04 Å². The molecule has 0 aromatic carbocycles. The van der Waals surface area contributed by atoms with Gasteiger partial charge in [-0.15, -0.1) is 6.58 Å². The highest BCUT2D eigenvalue weighted by atomic mass is 28.3. The first kappa shape index (κ1) is 17.3. The van der Waals surface area contributed by atoms with Gasteiger partial charge < -0.3 is 4.98 Å². The Kier molecular flexibility index (Phi) is 7.35. The summed E-state index contributed by atoms with van der Waals surface area (Å²) in [4.78, 5) is 2.86. The van der Waals surface area contributed by atoms with Crippen LogP contribution in [0.25, 0.3) is 0 Å². The van der Waals surface area contributed by atoms with Gasteiger partial charge in [-0.25, -0.2) is 0 Å². The Balaban J connectivity index is 0.000000333. The molecule has 1 fully saturated rings. The summed E-state index contributed by atoms with van der Waals surface area (Å²) in [6, 6.07) is 8.46. The third-order valence-electron chi connectivity index (χ3n) is 5.75. The van der Waals surface area contributed by atoms with Crippen LogP contribution in [0.1, 0.15) is 52.9 Å². The Hall–Kier alpha value is -0.763.